The first-order chi connectivity index (χ1) is 13.4. The van der Waals surface area contributed by atoms with E-state index in [0.29, 0.717) is 39.1 Å². The van der Waals surface area contributed by atoms with Gasteiger partial charge < -0.3 is 14.4 Å². The Morgan fingerprint density at radius 2 is 1.79 bits per heavy atom. The van der Waals surface area contributed by atoms with E-state index in [9.17, 15) is 18.0 Å². The Labute approximate surface area is 165 Å². The number of sulfonamides is 1. The highest BCUT2D eigenvalue weighted by Gasteiger charge is 2.39. The summed E-state index contributed by atoms with van der Waals surface area (Å²) in [6, 6.07) is 7.13. The molecule has 3 rings (SSSR count). The van der Waals surface area contributed by atoms with Gasteiger partial charge in [0.15, 0.2) is 6.10 Å². The zero-order chi connectivity index (χ0) is 20.1. The number of hydrogen-bond acceptors (Lipinski definition) is 6. The summed E-state index contributed by atoms with van der Waals surface area (Å²) < 4.78 is 37.8. The summed E-state index contributed by atoms with van der Waals surface area (Å²) in [5, 5.41) is 0. The monoisotopic (exact) mass is 410 g/mol. The molecule has 0 radical (unpaired) electrons. The van der Waals surface area contributed by atoms with Crippen LogP contribution in [-0.4, -0.2) is 74.5 Å². The maximum Gasteiger partial charge on any atom is 0.325 e. The summed E-state index contributed by atoms with van der Waals surface area (Å²) in [6.07, 6.45) is 0.821. The van der Waals surface area contributed by atoms with Gasteiger partial charge in [-0.1, -0.05) is 18.2 Å². The molecule has 0 spiro atoms. The molecule has 0 bridgehead atoms. The molecule has 2 aliphatic heterocycles. The van der Waals surface area contributed by atoms with Crippen molar-refractivity contribution in [1.29, 1.82) is 0 Å². The quantitative estimate of drug-likeness (QED) is 0.673. The van der Waals surface area contributed by atoms with Crippen LogP contribution in [0.1, 0.15) is 26.2 Å². The molecule has 2 unspecified atom stereocenters. The number of piperidine rings is 1. The minimum Gasteiger partial charge on any atom is -0.451 e. The van der Waals surface area contributed by atoms with E-state index in [4.69, 9.17) is 9.47 Å². The number of rotatable bonds is 5. The van der Waals surface area contributed by atoms with Crippen LogP contribution >= 0.6 is 0 Å². The van der Waals surface area contributed by atoms with Gasteiger partial charge in [-0.2, -0.15) is 4.31 Å². The smallest absolute Gasteiger partial charge is 0.325 e. The molecular formula is C19H26N2O6S. The lowest BCUT2D eigenvalue weighted by Crippen LogP contribution is -2.51. The normalized spacial score (nSPS) is 22.5. The molecule has 1 amide bonds. The Hall–Kier alpha value is -1.97. The van der Waals surface area contributed by atoms with Gasteiger partial charge in [-0.25, -0.2) is 8.42 Å². The first kappa shape index (κ1) is 20.8. The van der Waals surface area contributed by atoms with Crippen molar-refractivity contribution in [2.24, 2.45) is 0 Å². The van der Waals surface area contributed by atoms with Gasteiger partial charge >= 0.3 is 5.97 Å². The molecule has 8 nitrogen and oxygen atoms in total. The second-order valence-corrected chi connectivity index (χ2v) is 8.85. The van der Waals surface area contributed by atoms with Crippen LogP contribution in [0.15, 0.2) is 35.2 Å². The van der Waals surface area contributed by atoms with Crippen molar-refractivity contribution in [3.05, 3.63) is 30.3 Å². The summed E-state index contributed by atoms with van der Waals surface area (Å²) >= 11 is 0. The number of benzene rings is 1. The standard InChI is InChI=1S/C19H26N2O6S/c1-15(18(22)20-11-13-26-14-12-20)27-19(23)17-9-5-6-10-21(17)28(24,25)16-7-3-2-4-8-16/h2-4,7-8,15,17H,5-6,9-14H2,1H3. The van der Waals surface area contributed by atoms with Crippen LogP contribution in [0.2, 0.25) is 0 Å². The Morgan fingerprint density at radius 3 is 2.46 bits per heavy atom. The average molecular weight is 410 g/mol. The predicted octanol–water partition coefficient (Wildman–Crippen LogP) is 1.02. The van der Waals surface area contributed by atoms with Gasteiger partial charge in [0.05, 0.1) is 18.1 Å². The molecule has 0 aliphatic carbocycles. The number of carbonyl (C=O) groups is 2. The minimum absolute atomic E-state index is 0.146. The van der Waals surface area contributed by atoms with Gasteiger partial charge in [0.1, 0.15) is 6.04 Å². The molecule has 0 N–H and O–H groups in total. The lowest BCUT2D eigenvalue weighted by molar-refractivity contribution is -0.164. The molecule has 154 valence electrons. The second kappa shape index (κ2) is 9.02. The van der Waals surface area contributed by atoms with E-state index in [2.05, 4.69) is 0 Å². The molecule has 2 heterocycles. The molecule has 2 fully saturated rings. The van der Waals surface area contributed by atoms with Gasteiger partial charge in [0.2, 0.25) is 10.0 Å². The zero-order valence-electron chi connectivity index (χ0n) is 16.0. The first-order valence-electron chi connectivity index (χ1n) is 9.55. The van der Waals surface area contributed by atoms with Crippen molar-refractivity contribution in [2.45, 2.75) is 43.2 Å². The topological polar surface area (TPSA) is 93.2 Å². The van der Waals surface area contributed by atoms with Crippen molar-refractivity contribution in [2.75, 3.05) is 32.8 Å². The molecule has 28 heavy (non-hydrogen) atoms. The molecule has 2 aliphatic rings. The maximum atomic E-state index is 13.0. The summed E-state index contributed by atoms with van der Waals surface area (Å²) in [5.74, 6) is -0.960. The fourth-order valence-electron chi connectivity index (χ4n) is 3.50. The molecule has 1 aromatic rings. The van der Waals surface area contributed by atoms with Crippen LogP contribution < -0.4 is 0 Å². The number of ether oxygens (including phenoxy) is 2. The molecule has 0 aromatic heterocycles. The number of carbonyl (C=O) groups excluding carboxylic acids is 2. The number of nitrogens with zero attached hydrogens (tertiary/aromatic N) is 2. The van der Waals surface area contributed by atoms with Crippen molar-refractivity contribution in [3.63, 3.8) is 0 Å². The number of morpholine rings is 1. The van der Waals surface area contributed by atoms with E-state index in [1.165, 1.54) is 23.4 Å². The van der Waals surface area contributed by atoms with Gasteiger partial charge in [-0.05, 0) is 38.3 Å². The maximum absolute atomic E-state index is 13.0. The largest absolute Gasteiger partial charge is 0.451 e. The third kappa shape index (κ3) is 4.53. The molecule has 2 saturated heterocycles. The van der Waals surface area contributed by atoms with Crippen LogP contribution in [-0.2, 0) is 29.1 Å². The van der Waals surface area contributed by atoms with Crippen LogP contribution in [0.5, 0.6) is 0 Å². The van der Waals surface area contributed by atoms with Crippen molar-refractivity contribution in [1.82, 2.24) is 9.21 Å². The van der Waals surface area contributed by atoms with Crippen molar-refractivity contribution in [3.8, 4) is 0 Å². The highest BCUT2D eigenvalue weighted by atomic mass is 32.2. The van der Waals surface area contributed by atoms with E-state index < -0.39 is 28.1 Å². The zero-order valence-corrected chi connectivity index (χ0v) is 16.8. The molecule has 2 atom stereocenters. The van der Waals surface area contributed by atoms with Gasteiger partial charge in [0.25, 0.3) is 5.91 Å². The van der Waals surface area contributed by atoms with Crippen LogP contribution in [0.25, 0.3) is 0 Å². The number of amides is 1. The number of hydrogen-bond donors (Lipinski definition) is 0. The second-order valence-electron chi connectivity index (χ2n) is 6.96. The minimum atomic E-state index is -3.81. The highest BCUT2D eigenvalue weighted by molar-refractivity contribution is 7.89. The summed E-state index contributed by atoms with van der Waals surface area (Å²) in [5.41, 5.74) is 0. The van der Waals surface area contributed by atoms with E-state index in [-0.39, 0.29) is 17.3 Å². The Bertz CT molecular complexity index is 792. The summed E-state index contributed by atoms with van der Waals surface area (Å²) in [6.45, 7) is 3.60. The first-order valence-corrected chi connectivity index (χ1v) is 11.0. The summed E-state index contributed by atoms with van der Waals surface area (Å²) in [4.78, 5) is 27.0. The van der Waals surface area contributed by atoms with E-state index in [1.54, 1.807) is 23.1 Å². The van der Waals surface area contributed by atoms with E-state index >= 15 is 0 Å². The highest BCUT2D eigenvalue weighted by Crippen LogP contribution is 2.26. The third-order valence-electron chi connectivity index (χ3n) is 5.04. The van der Waals surface area contributed by atoms with Crippen LogP contribution in [0.3, 0.4) is 0 Å². The lowest BCUT2D eigenvalue weighted by atomic mass is 10.1. The molecular weight excluding hydrogens is 384 g/mol. The average Bonchev–Trinajstić information content (AvgIpc) is 2.74. The van der Waals surface area contributed by atoms with Gasteiger partial charge in [-0.3, -0.25) is 9.59 Å². The summed E-state index contributed by atoms with van der Waals surface area (Å²) in [7, 11) is -3.81. The Morgan fingerprint density at radius 1 is 1.11 bits per heavy atom. The van der Waals surface area contributed by atoms with Crippen molar-refractivity contribution < 1.29 is 27.5 Å². The van der Waals surface area contributed by atoms with Gasteiger partial charge in [-0.15, -0.1) is 0 Å². The van der Waals surface area contributed by atoms with Gasteiger partial charge in [0, 0.05) is 19.6 Å². The number of esters is 1. The molecule has 9 heteroatoms. The Balaban J connectivity index is 1.71. The van der Waals surface area contributed by atoms with E-state index in [1.807, 2.05) is 0 Å². The van der Waals surface area contributed by atoms with Crippen molar-refractivity contribution >= 4 is 21.9 Å². The SMILES string of the molecule is CC(OC(=O)C1CCCCN1S(=O)(=O)c1ccccc1)C(=O)N1CCOCC1. The fraction of sp³-hybridized carbons (Fsp3) is 0.579. The van der Waals surface area contributed by atoms with Crippen LogP contribution in [0.4, 0.5) is 0 Å². The van der Waals surface area contributed by atoms with E-state index in [0.717, 1.165) is 6.42 Å². The fourth-order valence-corrected chi connectivity index (χ4v) is 5.17. The molecule has 0 saturated carbocycles. The van der Waals surface area contributed by atoms with Crippen LogP contribution in [0, 0.1) is 0 Å². The molecule has 1 aromatic carbocycles. The lowest BCUT2D eigenvalue weighted by Gasteiger charge is -2.34. The third-order valence-corrected chi connectivity index (χ3v) is 6.96. The Kier molecular flexibility index (Phi) is 6.69. The predicted molar refractivity (Wildman–Crippen MR) is 101 cm³/mol.